The van der Waals surface area contributed by atoms with Crippen molar-refractivity contribution in [1.82, 2.24) is 0 Å². The Morgan fingerprint density at radius 3 is 2.64 bits per heavy atom. The molecular weight excluding hydrogens is 214 g/mol. The summed E-state index contributed by atoms with van der Waals surface area (Å²) in [6.45, 7) is -2.97. The summed E-state index contributed by atoms with van der Waals surface area (Å²) in [4.78, 5) is 0. The van der Waals surface area contributed by atoms with Crippen LogP contribution in [-0.2, 0) is 0 Å². The van der Waals surface area contributed by atoms with Crippen molar-refractivity contribution in [3.05, 3.63) is 22.7 Å². The average Bonchev–Trinajstić information content (AvgIpc) is 2.13. The Kier molecular flexibility index (Phi) is 3.10. The van der Waals surface area contributed by atoms with Gasteiger partial charge >= 0.3 is 6.61 Å². The van der Waals surface area contributed by atoms with Crippen LogP contribution in [0.25, 0.3) is 0 Å². The molecule has 0 atom stereocenters. The third-order valence-corrected chi connectivity index (χ3v) is 1.87. The van der Waals surface area contributed by atoms with Crippen molar-refractivity contribution in [1.29, 1.82) is 5.26 Å². The van der Waals surface area contributed by atoms with E-state index in [1.807, 2.05) is 0 Å². The summed E-state index contributed by atoms with van der Waals surface area (Å²) in [6, 6.07) is 4.20. The fourth-order valence-electron chi connectivity index (χ4n) is 0.857. The molecule has 0 saturated carbocycles. The normalized spacial score (nSPS) is 9.93. The first-order chi connectivity index (χ1) is 6.56. The Hall–Kier alpha value is -1.54. The summed E-state index contributed by atoms with van der Waals surface area (Å²) in [6.07, 6.45) is 0. The fourth-order valence-corrected chi connectivity index (χ4v) is 1.07. The van der Waals surface area contributed by atoms with E-state index in [2.05, 4.69) is 4.74 Å². The van der Waals surface area contributed by atoms with Crippen molar-refractivity contribution in [2.75, 3.05) is 5.73 Å². The van der Waals surface area contributed by atoms with Crippen molar-refractivity contribution in [2.24, 2.45) is 0 Å². The second kappa shape index (κ2) is 4.11. The summed E-state index contributed by atoms with van der Waals surface area (Å²) in [7, 11) is 0. The SMILES string of the molecule is N#Cc1ccc(OC(F)F)c(Cl)c1N. The number of nitriles is 1. The van der Waals surface area contributed by atoms with Gasteiger partial charge in [-0.1, -0.05) is 11.6 Å². The standard InChI is InChI=1S/C8H5ClF2N2O/c9-6-5(14-8(10)11)2-1-4(3-12)7(6)13/h1-2,8H,13H2. The minimum Gasteiger partial charge on any atom is -0.433 e. The lowest BCUT2D eigenvalue weighted by molar-refractivity contribution is -0.0497. The predicted octanol–water partition coefficient (Wildman–Crippen LogP) is 2.40. The van der Waals surface area contributed by atoms with Crippen molar-refractivity contribution >= 4 is 17.3 Å². The van der Waals surface area contributed by atoms with Crippen LogP contribution in [0, 0.1) is 11.3 Å². The zero-order valence-electron chi connectivity index (χ0n) is 6.80. The summed E-state index contributed by atoms with van der Waals surface area (Å²) in [5, 5.41) is 8.36. The molecule has 6 heteroatoms. The zero-order chi connectivity index (χ0) is 10.7. The van der Waals surface area contributed by atoms with Gasteiger partial charge < -0.3 is 10.5 Å². The number of anilines is 1. The van der Waals surface area contributed by atoms with Gasteiger partial charge in [0.1, 0.15) is 16.8 Å². The third-order valence-electron chi connectivity index (χ3n) is 1.48. The Morgan fingerprint density at radius 2 is 2.14 bits per heavy atom. The molecule has 1 aromatic carbocycles. The smallest absolute Gasteiger partial charge is 0.387 e. The Balaban J connectivity index is 3.12. The first kappa shape index (κ1) is 10.5. The molecule has 3 nitrogen and oxygen atoms in total. The van der Waals surface area contributed by atoms with Crippen LogP contribution in [0.5, 0.6) is 5.75 Å². The van der Waals surface area contributed by atoms with Crippen LogP contribution in [0.4, 0.5) is 14.5 Å². The molecule has 0 aromatic heterocycles. The highest BCUT2D eigenvalue weighted by Crippen LogP contribution is 2.33. The number of hydrogen-bond donors (Lipinski definition) is 1. The molecule has 74 valence electrons. The van der Waals surface area contributed by atoms with Crippen molar-refractivity contribution < 1.29 is 13.5 Å². The van der Waals surface area contributed by atoms with Crippen molar-refractivity contribution in [3.63, 3.8) is 0 Å². The summed E-state index contributed by atoms with van der Waals surface area (Å²) >= 11 is 5.59. The molecule has 0 fully saturated rings. The molecule has 0 amide bonds. The molecule has 2 N–H and O–H groups in total. The molecule has 0 aliphatic carbocycles. The van der Waals surface area contributed by atoms with Crippen LogP contribution in [-0.4, -0.2) is 6.61 Å². The second-order valence-electron chi connectivity index (χ2n) is 2.33. The highest BCUT2D eigenvalue weighted by Gasteiger charge is 2.13. The molecule has 0 unspecified atom stereocenters. The van der Waals surface area contributed by atoms with Gasteiger partial charge in [0.15, 0.2) is 0 Å². The molecule has 1 rings (SSSR count). The molecule has 0 heterocycles. The van der Waals surface area contributed by atoms with Gasteiger partial charge in [-0.3, -0.25) is 0 Å². The number of nitrogens with zero attached hydrogens (tertiary/aromatic N) is 1. The predicted molar refractivity (Wildman–Crippen MR) is 47.2 cm³/mol. The first-order valence-corrected chi connectivity index (χ1v) is 3.87. The topological polar surface area (TPSA) is 59.0 Å². The summed E-state index contributed by atoms with van der Waals surface area (Å²) in [5.74, 6) is -0.238. The molecule has 1 aromatic rings. The maximum atomic E-state index is 11.8. The molecular formula is C8H5ClF2N2O. The van der Waals surface area contributed by atoms with E-state index >= 15 is 0 Å². The molecule has 0 bridgehead atoms. The number of alkyl halides is 2. The van der Waals surface area contributed by atoms with Gasteiger partial charge in [-0.05, 0) is 12.1 Å². The minimum atomic E-state index is -2.97. The number of halogens is 3. The van der Waals surface area contributed by atoms with Crippen LogP contribution >= 0.6 is 11.6 Å². The lowest BCUT2D eigenvalue weighted by Crippen LogP contribution is -2.04. The average molecular weight is 219 g/mol. The van der Waals surface area contributed by atoms with Crippen LogP contribution < -0.4 is 10.5 Å². The van der Waals surface area contributed by atoms with Crippen LogP contribution in [0.1, 0.15) is 5.56 Å². The van der Waals surface area contributed by atoms with Gasteiger partial charge in [0.05, 0.1) is 11.3 Å². The van der Waals surface area contributed by atoms with E-state index in [0.717, 1.165) is 0 Å². The molecule has 0 radical (unpaired) electrons. The highest BCUT2D eigenvalue weighted by molar-refractivity contribution is 6.34. The molecule has 0 aliphatic heterocycles. The third kappa shape index (κ3) is 2.03. The lowest BCUT2D eigenvalue weighted by atomic mass is 10.2. The quantitative estimate of drug-likeness (QED) is 0.776. The lowest BCUT2D eigenvalue weighted by Gasteiger charge is -2.08. The van der Waals surface area contributed by atoms with Crippen LogP contribution in [0.2, 0.25) is 5.02 Å². The number of hydrogen-bond acceptors (Lipinski definition) is 3. The van der Waals surface area contributed by atoms with E-state index in [1.165, 1.54) is 12.1 Å². The van der Waals surface area contributed by atoms with E-state index in [1.54, 1.807) is 6.07 Å². The van der Waals surface area contributed by atoms with Crippen LogP contribution in [0.15, 0.2) is 12.1 Å². The summed E-state index contributed by atoms with van der Waals surface area (Å²) < 4.78 is 27.7. The van der Waals surface area contributed by atoms with Gasteiger partial charge in [-0.15, -0.1) is 0 Å². The van der Waals surface area contributed by atoms with Gasteiger partial charge in [0, 0.05) is 0 Å². The maximum absolute atomic E-state index is 11.8. The highest BCUT2D eigenvalue weighted by atomic mass is 35.5. The van der Waals surface area contributed by atoms with E-state index in [9.17, 15) is 8.78 Å². The second-order valence-corrected chi connectivity index (χ2v) is 2.71. The summed E-state index contributed by atoms with van der Waals surface area (Å²) in [5.41, 5.74) is 5.45. The van der Waals surface area contributed by atoms with E-state index in [0.29, 0.717) is 0 Å². The van der Waals surface area contributed by atoms with Gasteiger partial charge in [-0.25, -0.2) is 0 Å². The molecule has 14 heavy (non-hydrogen) atoms. The maximum Gasteiger partial charge on any atom is 0.387 e. The van der Waals surface area contributed by atoms with E-state index in [-0.39, 0.29) is 22.0 Å². The molecule has 0 saturated heterocycles. The largest absolute Gasteiger partial charge is 0.433 e. The Bertz CT molecular complexity index is 390. The van der Waals surface area contributed by atoms with Gasteiger partial charge in [0.2, 0.25) is 0 Å². The number of nitrogen functional groups attached to an aromatic ring is 1. The van der Waals surface area contributed by atoms with E-state index < -0.39 is 6.61 Å². The number of nitrogens with two attached hydrogens (primary N) is 1. The monoisotopic (exact) mass is 218 g/mol. The fraction of sp³-hybridized carbons (Fsp3) is 0.125. The van der Waals surface area contributed by atoms with Crippen molar-refractivity contribution in [2.45, 2.75) is 6.61 Å². The molecule has 0 spiro atoms. The Morgan fingerprint density at radius 1 is 1.50 bits per heavy atom. The van der Waals surface area contributed by atoms with E-state index in [4.69, 9.17) is 22.6 Å². The van der Waals surface area contributed by atoms with Gasteiger partial charge in [0.25, 0.3) is 0 Å². The van der Waals surface area contributed by atoms with Crippen LogP contribution in [0.3, 0.4) is 0 Å². The van der Waals surface area contributed by atoms with Crippen molar-refractivity contribution in [3.8, 4) is 11.8 Å². The molecule has 0 aliphatic rings. The van der Waals surface area contributed by atoms with Gasteiger partial charge in [-0.2, -0.15) is 14.0 Å². The zero-order valence-corrected chi connectivity index (χ0v) is 7.55. The minimum absolute atomic E-state index is 0.0627. The first-order valence-electron chi connectivity index (χ1n) is 3.49. The number of ether oxygens (including phenoxy) is 1. The number of benzene rings is 1. The Labute approximate surface area is 83.6 Å². The number of rotatable bonds is 2.